The van der Waals surface area contributed by atoms with Crippen molar-refractivity contribution in [2.24, 2.45) is 0 Å². The van der Waals surface area contributed by atoms with Gasteiger partial charge in [-0.2, -0.15) is 5.26 Å². The van der Waals surface area contributed by atoms with Gasteiger partial charge in [0.2, 0.25) is 0 Å². The van der Waals surface area contributed by atoms with Gasteiger partial charge in [0.15, 0.2) is 0 Å². The van der Waals surface area contributed by atoms with Crippen molar-refractivity contribution in [3.8, 4) is 6.07 Å². The Morgan fingerprint density at radius 1 is 1.82 bits per heavy atom. The summed E-state index contributed by atoms with van der Waals surface area (Å²) in [4.78, 5) is 7.11. The summed E-state index contributed by atoms with van der Waals surface area (Å²) in [6.07, 6.45) is 5.01. The molecule has 3 nitrogen and oxygen atoms in total. The highest BCUT2D eigenvalue weighted by atomic mass is 14.9. The molecule has 1 N–H and O–H groups in total. The molecule has 0 radical (unpaired) electrons. The van der Waals surface area contributed by atoms with Crippen molar-refractivity contribution in [1.82, 2.24) is 9.97 Å². The standard InChI is InChI=1S/C8H11N3/c1-2-7(3-4-9)8-10-5-6-11-8/h5-7H,2-3H2,1H3,(H,10,11). The van der Waals surface area contributed by atoms with Crippen LogP contribution in [0.4, 0.5) is 0 Å². The predicted octanol–water partition coefficient (Wildman–Crippen LogP) is 1.82. The van der Waals surface area contributed by atoms with E-state index >= 15 is 0 Å². The van der Waals surface area contributed by atoms with Crippen LogP contribution in [0.15, 0.2) is 12.4 Å². The molecular formula is C8H11N3. The Kier molecular flexibility index (Phi) is 2.67. The summed E-state index contributed by atoms with van der Waals surface area (Å²) in [5.41, 5.74) is 0. The number of nitrogens with one attached hydrogen (secondary N) is 1. The molecule has 1 aromatic heterocycles. The Morgan fingerprint density at radius 3 is 3.09 bits per heavy atom. The number of nitrogens with zero attached hydrogens (tertiary/aromatic N) is 2. The molecule has 0 aliphatic heterocycles. The van der Waals surface area contributed by atoms with Crippen LogP contribution in [0.25, 0.3) is 0 Å². The zero-order chi connectivity index (χ0) is 8.10. The number of aromatic nitrogens is 2. The highest BCUT2D eigenvalue weighted by Crippen LogP contribution is 2.17. The van der Waals surface area contributed by atoms with Crippen LogP contribution in [-0.2, 0) is 0 Å². The Balaban J connectivity index is 2.65. The lowest BCUT2D eigenvalue weighted by Crippen LogP contribution is -1.97. The largest absolute Gasteiger partial charge is 0.348 e. The van der Waals surface area contributed by atoms with Crippen LogP contribution in [0.3, 0.4) is 0 Å². The van der Waals surface area contributed by atoms with Gasteiger partial charge in [0, 0.05) is 24.7 Å². The molecule has 0 fully saturated rings. The van der Waals surface area contributed by atoms with Crippen molar-refractivity contribution in [2.75, 3.05) is 0 Å². The Bertz CT molecular complexity index is 232. The minimum absolute atomic E-state index is 0.273. The smallest absolute Gasteiger partial charge is 0.110 e. The molecule has 1 unspecified atom stereocenters. The molecule has 1 heterocycles. The van der Waals surface area contributed by atoms with E-state index in [2.05, 4.69) is 23.0 Å². The van der Waals surface area contributed by atoms with Gasteiger partial charge < -0.3 is 4.98 Å². The lowest BCUT2D eigenvalue weighted by molar-refractivity contribution is 0.643. The van der Waals surface area contributed by atoms with Gasteiger partial charge in [0.25, 0.3) is 0 Å². The first kappa shape index (κ1) is 7.80. The summed E-state index contributed by atoms with van der Waals surface area (Å²) in [7, 11) is 0. The molecule has 0 saturated carbocycles. The van der Waals surface area contributed by atoms with Crippen molar-refractivity contribution in [3.05, 3.63) is 18.2 Å². The first-order valence-electron chi connectivity index (χ1n) is 3.74. The number of aromatic amines is 1. The molecule has 0 spiro atoms. The van der Waals surface area contributed by atoms with E-state index in [0.29, 0.717) is 6.42 Å². The lowest BCUT2D eigenvalue weighted by atomic mass is 10.0. The molecule has 1 aromatic rings. The van der Waals surface area contributed by atoms with Gasteiger partial charge in [0.05, 0.1) is 6.07 Å². The number of nitriles is 1. The average molecular weight is 149 g/mol. The zero-order valence-electron chi connectivity index (χ0n) is 6.54. The van der Waals surface area contributed by atoms with Crippen LogP contribution < -0.4 is 0 Å². The second-order valence-corrected chi connectivity index (χ2v) is 2.44. The van der Waals surface area contributed by atoms with E-state index in [1.165, 1.54) is 0 Å². The number of hydrogen-bond acceptors (Lipinski definition) is 2. The third-order valence-electron chi connectivity index (χ3n) is 1.74. The molecule has 58 valence electrons. The monoisotopic (exact) mass is 149 g/mol. The maximum absolute atomic E-state index is 8.47. The Labute approximate surface area is 66.1 Å². The highest BCUT2D eigenvalue weighted by molar-refractivity contribution is 4.99. The summed E-state index contributed by atoms with van der Waals surface area (Å²) < 4.78 is 0. The van der Waals surface area contributed by atoms with Crippen molar-refractivity contribution in [1.29, 1.82) is 5.26 Å². The molecule has 0 aliphatic carbocycles. The van der Waals surface area contributed by atoms with Crippen LogP contribution >= 0.6 is 0 Å². The Morgan fingerprint density at radius 2 is 2.64 bits per heavy atom. The van der Waals surface area contributed by atoms with E-state index in [1.54, 1.807) is 12.4 Å². The van der Waals surface area contributed by atoms with Gasteiger partial charge in [-0.25, -0.2) is 4.98 Å². The number of H-pyrrole nitrogens is 1. The molecule has 3 heteroatoms. The molecule has 11 heavy (non-hydrogen) atoms. The third kappa shape index (κ3) is 1.81. The van der Waals surface area contributed by atoms with Crippen LogP contribution in [-0.4, -0.2) is 9.97 Å². The molecule has 1 rings (SSSR count). The number of rotatable bonds is 3. The van der Waals surface area contributed by atoms with E-state index in [0.717, 1.165) is 12.2 Å². The fraction of sp³-hybridized carbons (Fsp3) is 0.500. The zero-order valence-corrected chi connectivity index (χ0v) is 6.54. The summed E-state index contributed by atoms with van der Waals surface area (Å²) in [6, 6.07) is 2.15. The van der Waals surface area contributed by atoms with Crippen molar-refractivity contribution >= 4 is 0 Å². The normalized spacial score (nSPS) is 12.4. The molecule has 0 aliphatic rings. The van der Waals surface area contributed by atoms with Gasteiger partial charge >= 0.3 is 0 Å². The second-order valence-electron chi connectivity index (χ2n) is 2.44. The van der Waals surface area contributed by atoms with Gasteiger partial charge in [-0.05, 0) is 6.42 Å². The van der Waals surface area contributed by atoms with Gasteiger partial charge in [-0.3, -0.25) is 0 Å². The molecular weight excluding hydrogens is 138 g/mol. The number of hydrogen-bond donors (Lipinski definition) is 1. The van der Waals surface area contributed by atoms with Crippen LogP contribution in [0.2, 0.25) is 0 Å². The molecule has 0 aromatic carbocycles. The van der Waals surface area contributed by atoms with E-state index in [4.69, 9.17) is 5.26 Å². The summed E-state index contributed by atoms with van der Waals surface area (Å²) >= 11 is 0. The first-order chi connectivity index (χ1) is 5.38. The topological polar surface area (TPSA) is 52.5 Å². The number of imidazole rings is 1. The Hall–Kier alpha value is -1.30. The minimum atomic E-state index is 0.273. The van der Waals surface area contributed by atoms with Gasteiger partial charge in [-0.1, -0.05) is 6.92 Å². The molecule has 0 amide bonds. The first-order valence-corrected chi connectivity index (χ1v) is 3.74. The SMILES string of the molecule is CCC(CC#N)c1ncc[nH]1. The summed E-state index contributed by atoms with van der Waals surface area (Å²) in [6.45, 7) is 2.06. The van der Waals surface area contributed by atoms with E-state index in [-0.39, 0.29) is 5.92 Å². The lowest BCUT2D eigenvalue weighted by Gasteiger charge is -2.05. The summed E-state index contributed by atoms with van der Waals surface area (Å²) in [5.74, 6) is 1.20. The average Bonchev–Trinajstić information content (AvgIpc) is 2.52. The van der Waals surface area contributed by atoms with E-state index in [9.17, 15) is 0 Å². The van der Waals surface area contributed by atoms with Crippen LogP contribution in [0.5, 0.6) is 0 Å². The molecule has 0 bridgehead atoms. The molecule has 0 saturated heterocycles. The fourth-order valence-corrected chi connectivity index (χ4v) is 1.05. The maximum atomic E-state index is 8.47. The van der Waals surface area contributed by atoms with Gasteiger partial charge in [0.1, 0.15) is 5.82 Å². The van der Waals surface area contributed by atoms with Gasteiger partial charge in [-0.15, -0.1) is 0 Å². The fourth-order valence-electron chi connectivity index (χ4n) is 1.05. The van der Waals surface area contributed by atoms with E-state index in [1.807, 2.05) is 0 Å². The summed E-state index contributed by atoms with van der Waals surface area (Å²) in [5, 5.41) is 8.47. The van der Waals surface area contributed by atoms with Crippen LogP contribution in [0, 0.1) is 11.3 Å². The van der Waals surface area contributed by atoms with E-state index < -0.39 is 0 Å². The predicted molar refractivity (Wildman–Crippen MR) is 41.8 cm³/mol. The van der Waals surface area contributed by atoms with Crippen molar-refractivity contribution in [3.63, 3.8) is 0 Å². The van der Waals surface area contributed by atoms with Crippen molar-refractivity contribution in [2.45, 2.75) is 25.7 Å². The molecule has 1 atom stereocenters. The maximum Gasteiger partial charge on any atom is 0.110 e. The minimum Gasteiger partial charge on any atom is -0.348 e. The second kappa shape index (κ2) is 3.77. The quantitative estimate of drug-likeness (QED) is 0.712. The highest BCUT2D eigenvalue weighted by Gasteiger charge is 2.09. The third-order valence-corrected chi connectivity index (χ3v) is 1.74. The van der Waals surface area contributed by atoms with Crippen molar-refractivity contribution < 1.29 is 0 Å². The van der Waals surface area contributed by atoms with Crippen LogP contribution in [0.1, 0.15) is 31.5 Å².